The Kier molecular flexibility index (Phi) is 1.52. The van der Waals surface area contributed by atoms with Gasteiger partial charge < -0.3 is 10.8 Å². The van der Waals surface area contributed by atoms with Crippen molar-refractivity contribution >= 4 is 0 Å². The number of nitrogens with two attached hydrogens (primary N) is 1. The minimum atomic E-state index is -4.38. The van der Waals surface area contributed by atoms with E-state index >= 15 is 0 Å². The van der Waals surface area contributed by atoms with E-state index < -0.39 is 17.3 Å². The lowest BCUT2D eigenvalue weighted by molar-refractivity contribution is -0.237. The normalized spacial score (nSPS) is 27.8. The zero-order valence-corrected chi connectivity index (χ0v) is 6.07. The quantitative estimate of drug-likeness (QED) is 0.575. The van der Waals surface area contributed by atoms with Gasteiger partial charge in [0.25, 0.3) is 0 Å². The predicted octanol–water partition coefficient (Wildman–Crippen LogP) is 0.996. The number of alkyl halides is 3. The molecule has 3 N–H and O–H groups in total. The van der Waals surface area contributed by atoms with Crippen molar-refractivity contribution in [3.05, 3.63) is 0 Å². The van der Waals surface area contributed by atoms with Crippen molar-refractivity contribution in [2.45, 2.75) is 31.7 Å². The van der Waals surface area contributed by atoms with Crippen LogP contribution in [0.25, 0.3) is 0 Å². The molecular weight excluding hydrogens is 159 g/mol. The molecule has 0 saturated heterocycles. The molecule has 66 valence electrons. The molecule has 1 fully saturated rings. The van der Waals surface area contributed by atoms with E-state index in [-0.39, 0.29) is 12.8 Å². The second-order valence-corrected chi connectivity index (χ2v) is 3.23. The summed E-state index contributed by atoms with van der Waals surface area (Å²) in [5.74, 6) is 0. The second kappa shape index (κ2) is 1.90. The largest absolute Gasteiger partial charge is 0.398 e. The molecule has 0 spiro atoms. The van der Waals surface area contributed by atoms with Crippen LogP contribution < -0.4 is 5.73 Å². The van der Waals surface area contributed by atoms with Gasteiger partial charge in [0.15, 0.2) is 0 Å². The van der Waals surface area contributed by atoms with Gasteiger partial charge in [0.2, 0.25) is 0 Å². The molecule has 1 atom stereocenters. The molecule has 1 aliphatic carbocycles. The van der Waals surface area contributed by atoms with Crippen LogP contribution in [0.3, 0.4) is 0 Å². The van der Waals surface area contributed by atoms with Crippen molar-refractivity contribution in [1.29, 1.82) is 0 Å². The zero-order valence-electron chi connectivity index (χ0n) is 6.07. The van der Waals surface area contributed by atoms with E-state index in [1.165, 1.54) is 0 Å². The van der Waals surface area contributed by atoms with Gasteiger partial charge in [0.05, 0.1) is 0 Å². The minimum absolute atomic E-state index is 0.0694. The van der Waals surface area contributed by atoms with E-state index in [9.17, 15) is 13.2 Å². The van der Waals surface area contributed by atoms with Crippen LogP contribution in [0.15, 0.2) is 0 Å². The number of hydrogen-bond donors (Lipinski definition) is 2. The molecule has 1 aliphatic rings. The summed E-state index contributed by atoms with van der Waals surface area (Å²) in [5.41, 5.74) is 0.822. The third-order valence-corrected chi connectivity index (χ3v) is 2.26. The van der Waals surface area contributed by atoms with E-state index in [0.29, 0.717) is 0 Å². The van der Waals surface area contributed by atoms with Crippen LogP contribution in [-0.2, 0) is 0 Å². The molecule has 0 aromatic rings. The highest BCUT2D eigenvalue weighted by atomic mass is 19.4. The van der Waals surface area contributed by atoms with Crippen molar-refractivity contribution in [3.63, 3.8) is 0 Å². The van der Waals surface area contributed by atoms with Crippen LogP contribution >= 0.6 is 0 Å². The molecule has 0 aromatic carbocycles. The number of rotatable bonds is 1. The molecule has 11 heavy (non-hydrogen) atoms. The number of aliphatic hydroxyl groups is 1. The topological polar surface area (TPSA) is 46.2 Å². The van der Waals surface area contributed by atoms with Crippen molar-refractivity contribution in [3.8, 4) is 0 Å². The fraction of sp³-hybridized carbons (Fsp3) is 1.00. The Bertz CT molecular complexity index is 150. The van der Waals surface area contributed by atoms with Gasteiger partial charge in [-0.15, -0.1) is 0 Å². The van der Waals surface area contributed by atoms with Crippen LogP contribution in [0.2, 0.25) is 0 Å². The fourth-order valence-electron chi connectivity index (χ4n) is 1.20. The molecule has 1 rings (SSSR count). The number of halogens is 3. The molecule has 1 unspecified atom stereocenters. The summed E-state index contributed by atoms with van der Waals surface area (Å²) in [7, 11) is 0. The standard InChI is InChI=1S/C6H10F3NO/c1-4(10,11)5(2-3-5)6(7,8)9/h11H,2-3,10H2,1H3. The maximum absolute atomic E-state index is 12.2. The van der Waals surface area contributed by atoms with Crippen LogP contribution in [0.5, 0.6) is 0 Å². The van der Waals surface area contributed by atoms with Crippen LogP contribution in [-0.4, -0.2) is 17.0 Å². The van der Waals surface area contributed by atoms with Gasteiger partial charge in [-0.2, -0.15) is 13.2 Å². The van der Waals surface area contributed by atoms with Crippen molar-refractivity contribution in [2.24, 2.45) is 11.1 Å². The van der Waals surface area contributed by atoms with Gasteiger partial charge in [-0.1, -0.05) is 0 Å². The lowest BCUT2D eigenvalue weighted by Crippen LogP contribution is -2.52. The summed E-state index contributed by atoms with van der Waals surface area (Å²) in [6.07, 6.45) is -4.52. The highest BCUT2D eigenvalue weighted by Crippen LogP contribution is 2.62. The second-order valence-electron chi connectivity index (χ2n) is 3.23. The zero-order chi connectivity index (χ0) is 8.91. The molecule has 0 aromatic heterocycles. The van der Waals surface area contributed by atoms with Gasteiger partial charge >= 0.3 is 6.18 Å². The fourth-order valence-corrected chi connectivity index (χ4v) is 1.20. The first-order chi connectivity index (χ1) is 4.71. The molecule has 0 radical (unpaired) electrons. The summed E-state index contributed by atoms with van der Waals surface area (Å²) >= 11 is 0. The highest BCUT2D eigenvalue weighted by molar-refractivity contribution is 5.08. The lowest BCUT2D eigenvalue weighted by atomic mass is 9.94. The van der Waals surface area contributed by atoms with Crippen molar-refractivity contribution < 1.29 is 18.3 Å². The Morgan fingerprint density at radius 1 is 1.36 bits per heavy atom. The Labute approximate surface area is 62.2 Å². The van der Waals surface area contributed by atoms with Gasteiger partial charge in [-0.05, 0) is 19.8 Å². The summed E-state index contributed by atoms with van der Waals surface area (Å²) in [4.78, 5) is 0. The van der Waals surface area contributed by atoms with Crippen LogP contribution in [0, 0.1) is 5.41 Å². The third-order valence-electron chi connectivity index (χ3n) is 2.26. The van der Waals surface area contributed by atoms with Crippen LogP contribution in [0.1, 0.15) is 19.8 Å². The van der Waals surface area contributed by atoms with Crippen molar-refractivity contribution in [2.75, 3.05) is 0 Å². The average molecular weight is 169 g/mol. The van der Waals surface area contributed by atoms with Gasteiger partial charge in [0.1, 0.15) is 11.1 Å². The van der Waals surface area contributed by atoms with Gasteiger partial charge in [-0.25, -0.2) is 0 Å². The van der Waals surface area contributed by atoms with Crippen LogP contribution in [0.4, 0.5) is 13.2 Å². The number of hydrogen-bond acceptors (Lipinski definition) is 2. The summed E-state index contributed by atoms with van der Waals surface area (Å²) in [6.45, 7) is 0.994. The van der Waals surface area contributed by atoms with E-state index in [4.69, 9.17) is 10.8 Å². The Morgan fingerprint density at radius 3 is 1.73 bits per heavy atom. The first-order valence-electron chi connectivity index (χ1n) is 3.29. The maximum atomic E-state index is 12.2. The molecule has 0 amide bonds. The summed E-state index contributed by atoms with van der Waals surface area (Å²) < 4.78 is 36.5. The molecule has 0 bridgehead atoms. The van der Waals surface area contributed by atoms with Crippen molar-refractivity contribution in [1.82, 2.24) is 0 Å². The van der Waals surface area contributed by atoms with E-state index in [2.05, 4.69) is 0 Å². The minimum Gasteiger partial charge on any atom is -0.375 e. The smallest absolute Gasteiger partial charge is 0.375 e. The highest BCUT2D eigenvalue weighted by Gasteiger charge is 2.71. The van der Waals surface area contributed by atoms with Gasteiger partial charge in [0, 0.05) is 0 Å². The monoisotopic (exact) mass is 169 g/mol. The molecule has 5 heteroatoms. The molecule has 1 saturated carbocycles. The Morgan fingerprint density at radius 2 is 1.73 bits per heavy atom. The maximum Gasteiger partial charge on any atom is 0.398 e. The molecule has 0 aliphatic heterocycles. The Hall–Kier alpha value is -0.290. The third kappa shape index (κ3) is 1.12. The molecular formula is C6H10F3NO. The molecule has 2 nitrogen and oxygen atoms in total. The predicted molar refractivity (Wildman–Crippen MR) is 32.5 cm³/mol. The van der Waals surface area contributed by atoms with E-state index in [0.717, 1.165) is 6.92 Å². The van der Waals surface area contributed by atoms with Gasteiger partial charge in [-0.3, -0.25) is 0 Å². The van der Waals surface area contributed by atoms with E-state index in [1.54, 1.807) is 0 Å². The average Bonchev–Trinajstić information content (AvgIpc) is 2.31. The summed E-state index contributed by atoms with van der Waals surface area (Å²) in [5, 5.41) is 9.00. The Balaban J connectivity index is 2.85. The lowest BCUT2D eigenvalue weighted by Gasteiger charge is -2.30. The SMILES string of the molecule is CC(N)(O)C1(C(F)(F)F)CC1. The first-order valence-corrected chi connectivity index (χ1v) is 3.29. The first kappa shape index (κ1) is 8.80. The summed E-state index contributed by atoms with van der Waals surface area (Å²) in [6, 6.07) is 0. The van der Waals surface area contributed by atoms with E-state index in [1.807, 2.05) is 0 Å². The molecule has 0 heterocycles.